The zero-order valence-corrected chi connectivity index (χ0v) is 14.8. The van der Waals surface area contributed by atoms with Crippen LogP contribution < -0.4 is 0 Å². The summed E-state index contributed by atoms with van der Waals surface area (Å²) in [5.41, 5.74) is 4.66. The van der Waals surface area contributed by atoms with Crippen molar-refractivity contribution < 1.29 is 0 Å². The molecule has 25 heavy (non-hydrogen) atoms. The summed E-state index contributed by atoms with van der Waals surface area (Å²) in [5, 5.41) is 6.51. The Hall–Kier alpha value is -2.66. The standard InChI is InChI=1S/C20H18N4S/c1-15-7-9-17(10-8-15)13-25-20-18-11-23-24(19(18)21-14-22-20)12-16-5-3-2-4-6-16/h2-11,14H,12-13H2,1H3. The van der Waals surface area contributed by atoms with Crippen LogP contribution in [-0.4, -0.2) is 19.7 Å². The van der Waals surface area contributed by atoms with Crippen molar-refractivity contribution >= 4 is 22.8 Å². The highest BCUT2D eigenvalue weighted by Crippen LogP contribution is 2.27. The van der Waals surface area contributed by atoms with Gasteiger partial charge in [-0.15, -0.1) is 11.8 Å². The summed E-state index contributed by atoms with van der Waals surface area (Å²) in [7, 11) is 0. The number of nitrogens with zero attached hydrogens (tertiary/aromatic N) is 4. The molecule has 0 unspecified atom stereocenters. The average molecular weight is 346 g/mol. The lowest BCUT2D eigenvalue weighted by atomic mass is 10.2. The van der Waals surface area contributed by atoms with Gasteiger partial charge in [0.05, 0.1) is 18.1 Å². The Morgan fingerprint density at radius 2 is 1.72 bits per heavy atom. The van der Waals surface area contributed by atoms with Crippen molar-refractivity contribution in [1.29, 1.82) is 0 Å². The summed E-state index contributed by atoms with van der Waals surface area (Å²) in [6.07, 6.45) is 3.50. The summed E-state index contributed by atoms with van der Waals surface area (Å²) >= 11 is 1.72. The van der Waals surface area contributed by atoms with Crippen molar-refractivity contribution in [1.82, 2.24) is 19.7 Å². The Labute approximate surface area is 150 Å². The molecule has 0 spiro atoms. The zero-order valence-electron chi connectivity index (χ0n) is 14.0. The van der Waals surface area contributed by atoms with Crippen LogP contribution in [0.3, 0.4) is 0 Å². The Kier molecular flexibility index (Phi) is 4.48. The van der Waals surface area contributed by atoms with E-state index in [1.807, 2.05) is 29.1 Å². The van der Waals surface area contributed by atoms with Gasteiger partial charge in [-0.05, 0) is 18.1 Å². The van der Waals surface area contributed by atoms with E-state index in [1.165, 1.54) is 16.7 Å². The zero-order chi connectivity index (χ0) is 17.1. The molecule has 0 N–H and O–H groups in total. The third-order valence-electron chi connectivity index (χ3n) is 4.07. The van der Waals surface area contributed by atoms with E-state index < -0.39 is 0 Å². The molecule has 0 aliphatic heterocycles. The lowest BCUT2D eigenvalue weighted by Gasteiger charge is -2.05. The molecule has 4 nitrogen and oxygen atoms in total. The van der Waals surface area contributed by atoms with E-state index in [0.717, 1.165) is 21.8 Å². The summed E-state index contributed by atoms with van der Waals surface area (Å²) in [6.45, 7) is 2.81. The molecule has 0 aliphatic carbocycles. The Morgan fingerprint density at radius 3 is 2.52 bits per heavy atom. The van der Waals surface area contributed by atoms with Crippen molar-refractivity contribution in [2.24, 2.45) is 0 Å². The summed E-state index contributed by atoms with van der Waals surface area (Å²) < 4.78 is 1.93. The number of fused-ring (bicyclic) bond motifs is 1. The Bertz CT molecular complexity index is 978. The third-order valence-corrected chi connectivity index (χ3v) is 5.14. The minimum Gasteiger partial charge on any atom is -0.243 e. The molecule has 0 bridgehead atoms. The molecule has 0 aliphatic rings. The molecule has 2 aromatic carbocycles. The first-order valence-electron chi connectivity index (χ1n) is 8.18. The number of thioether (sulfide) groups is 1. The number of rotatable bonds is 5. The molecule has 0 atom stereocenters. The number of hydrogen-bond donors (Lipinski definition) is 0. The van der Waals surface area contributed by atoms with Crippen LogP contribution in [0.1, 0.15) is 16.7 Å². The van der Waals surface area contributed by atoms with Gasteiger partial charge in [0.1, 0.15) is 11.4 Å². The van der Waals surface area contributed by atoms with Crippen LogP contribution in [0.5, 0.6) is 0 Å². The van der Waals surface area contributed by atoms with Gasteiger partial charge >= 0.3 is 0 Å². The second-order valence-corrected chi connectivity index (χ2v) is 6.94. The molecule has 0 radical (unpaired) electrons. The van der Waals surface area contributed by atoms with Gasteiger partial charge in [0, 0.05) is 5.75 Å². The van der Waals surface area contributed by atoms with Gasteiger partial charge in [0.15, 0.2) is 5.65 Å². The predicted molar refractivity (Wildman–Crippen MR) is 102 cm³/mol. The molecule has 0 saturated heterocycles. The molecule has 4 rings (SSSR count). The maximum atomic E-state index is 4.52. The normalized spacial score (nSPS) is 11.1. The fourth-order valence-electron chi connectivity index (χ4n) is 2.69. The predicted octanol–water partition coefficient (Wildman–Crippen LogP) is 4.48. The molecular weight excluding hydrogens is 328 g/mol. The van der Waals surface area contributed by atoms with E-state index >= 15 is 0 Å². The van der Waals surface area contributed by atoms with Gasteiger partial charge in [0.25, 0.3) is 0 Å². The maximum Gasteiger partial charge on any atom is 0.162 e. The minimum absolute atomic E-state index is 0.712. The molecule has 0 saturated carbocycles. The van der Waals surface area contributed by atoms with E-state index in [-0.39, 0.29) is 0 Å². The Morgan fingerprint density at radius 1 is 0.920 bits per heavy atom. The van der Waals surface area contributed by atoms with Gasteiger partial charge in [-0.25, -0.2) is 14.6 Å². The monoisotopic (exact) mass is 346 g/mol. The number of aryl methyl sites for hydroxylation is 1. The van der Waals surface area contributed by atoms with Gasteiger partial charge in [-0.1, -0.05) is 60.2 Å². The van der Waals surface area contributed by atoms with E-state index in [9.17, 15) is 0 Å². The average Bonchev–Trinajstić information content (AvgIpc) is 3.06. The van der Waals surface area contributed by atoms with Gasteiger partial charge < -0.3 is 0 Å². The fraction of sp³-hybridized carbons (Fsp3) is 0.150. The summed E-state index contributed by atoms with van der Waals surface area (Å²) in [5.74, 6) is 0.885. The molecule has 0 fully saturated rings. The van der Waals surface area contributed by atoms with E-state index in [0.29, 0.717) is 6.54 Å². The minimum atomic E-state index is 0.712. The third kappa shape index (κ3) is 3.56. The van der Waals surface area contributed by atoms with Gasteiger partial charge in [0.2, 0.25) is 0 Å². The van der Waals surface area contributed by atoms with Crippen LogP contribution >= 0.6 is 11.8 Å². The van der Waals surface area contributed by atoms with Crippen LogP contribution in [0.15, 0.2) is 72.1 Å². The van der Waals surface area contributed by atoms with E-state index in [1.54, 1.807) is 18.1 Å². The molecule has 124 valence electrons. The van der Waals surface area contributed by atoms with Gasteiger partial charge in [-0.2, -0.15) is 5.10 Å². The van der Waals surface area contributed by atoms with Crippen LogP contribution in [-0.2, 0) is 12.3 Å². The summed E-state index contributed by atoms with van der Waals surface area (Å²) in [6, 6.07) is 18.9. The van der Waals surface area contributed by atoms with Crippen molar-refractivity contribution in [3.05, 3.63) is 83.8 Å². The Balaban J connectivity index is 1.57. The lowest BCUT2D eigenvalue weighted by Crippen LogP contribution is -2.02. The van der Waals surface area contributed by atoms with Crippen molar-refractivity contribution in [2.75, 3.05) is 0 Å². The maximum absolute atomic E-state index is 4.52. The van der Waals surface area contributed by atoms with Crippen molar-refractivity contribution in [2.45, 2.75) is 24.2 Å². The molecule has 5 heteroatoms. The molecule has 4 aromatic rings. The molecule has 2 aromatic heterocycles. The van der Waals surface area contributed by atoms with Crippen LogP contribution in [0.2, 0.25) is 0 Å². The summed E-state index contributed by atoms with van der Waals surface area (Å²) in [4.78, 5) is 8.90. The van der Waals surface area contributed by atoms with Crippen LogP contribution in [0.25, 0.3) is 11.0 Å². The van der Waals surface area contributed by atoms with Gasteiger partial charge in [-0.3, -0.25) is 0 Å². The molecule has 2 heterocycles. The second kappa shape index (κ2) is 7.07. The first-order valence-corrected chi connectivity index (χ1v) is 9.17. The number of aromatic nitrogens is 4. The fourth-order valence-corrected chi connectivity index (χ4v) is 3.61. The highest BCUT2D eigenvalue weighted by Gasteiger charge is 2.10. The van der Waals surface area contributed by atoms with Crippen molar-refractivity contribution in [3.63, 3.8) is 0 Å². The van der Waals surface area contributed by atoms with Crippen LogP contribution in [0.4, 0.5) is 0 Å². The molecular formula is C20H18N4S. The highest BCUT2D eigenvalue weighted by molar-refractivity contribution is 7.98. The second-order valence-electron chi connectivity index (χ2n) is 5.98. The van der Waals surface area contributed by atoms with E-state index in [4.69, 9.17) is 0 Å². The molecule has 0 amide bonds. The lowest BCUT2D eigenvalue weighted by molar-refractivity contribution is 0.703. The SMILES string of the molecule is Cc1ccc(CSc2ncnc3c2cnn3Cc2ccccc2)cc1. The first-order chi connectivity index (χ1) is 12.3. The largest absolute Gasteiger partial charge is 0.243 e. The number of benzene rings is 2. The smallest absolute Gasteiger partial charge is 0.162 e. The first kappa shape index (κ1) is 15.8. The topological polar surface area (TPSA) is 43.6 Å². The van der Waals surface area contributed by atoms with Crippen LogP contribution in [0, 0.1) is 6.92 Å². The number of hydrogen-bond acceptors (Lipinski definition) is 4. The van der Waals surface area contributed by atoms with E-state index in [2.05, 4.69) is 58.4 Å². The highest BCUT2D eigenvalue weighted by atomic mass is 32.2. The quantitative estimate of drug-likeness (QED) is 0.395. The van der Waals surface area contributed by atoms with Crippen molar-refractivity contribution in [3.8, 4) is 0 Å².